The van der Waals surface area contributed by atoms with Crippen LogP contribution in [-0.4, -0.2) is 42.4 Å². The third kappa shape index (κ3) is 4.37. The van der Waals surface area contributed by atoms with E-state index in [0.717, 1.165) is 18.0 Å². The standard InChI is InChI=1S/C15H24N2O2S2/c1-5-7-17(12-6-8-21(18,19)11-12)10-13-9-16-14(20-13)15(2,3)4/h5,9,12H,1,6-8,10-11H2,2-4H3/t12-/m0/s1. The van der Waals surface area contributed by atoms with Crippen LogP contribution in [0.3, 0.4) is 0 Å². The van der Waals surface area contributed by atoms with Crippen LogP contribution in [-0.2, 0) is 21.8 Å². The first kappa shape index (κ1) is 16.6. The van der Waals surface area contributed by atoms with Crippen molar-refractivity contribution in [2.45, 2.75) is 45.2 Å². The summed E-state index contributed by atoms with van der Waals surface area (Å²) < 4.78 is 23.4. The van der Waals surface area contributed by atoms with Gasteiger partial charge >= 0.3 is 0 Å². The van der Waals surface area contributed by atoms with E-state index in [4.69, 9.17) is 0 Å². The van der Waals surface area contributed by atoms with E-state index in [-0.39, 0.29) is 17.2 Å². The molecule has 4 nitrogen and oxygen atoms in total. The van der Waals surface area contributed by atoms with Gasteiger partial charge in [-0.2, -0.15) is 0 Å². The van der Waals surface area contributed by atoms with Gasteiger partial charge in [0, 0.05) is 35.6 Å². The van der Waals surface area contributed by atoms with Crippen molar-refractivity contribution in [2.24, 2.45) is 0 Å². The van der Waals surface area contributed by atoms with Crippen molar-refractivity contribution in [1.29, 1.82) is 0 Å². The van der Waals surface area contributed by atoms with Crippen LogP contribution in [0.2, 0.25) is 0 Å². The Morgan fingerprint density at radius 1 is 1.52 bits per heavy atom. The molecule has 0 bridgehead atoms. The molecular weight excluding hydrogens is 304 g/mol. The summed E-state index contributed by atoms with van der Waals surface area (Å²) in [6.45, 7) is 11.7. The summed E-state index contributed by atoms with van der Waals surface area (Å²) in [7, 11) is -2.86. The number of hydrogen-bond acceptors (Lipinski definition) is 5. The lowest BCUT2D eigenvalue weighted by molar-refractivity contribution is 0.228. The summed E-state index contributed by atoms with van der Waals surface area (Å²) in [6, 6.07) is 0.105. The van der Waals surface area contributed by atoms with Gasteiger partial charge < -0.3 is 0 Å². The lowest BCUT2D eigenvalue weighted by atomic mass is 9.98. The summed E-state index contributed by atoms with van der Waals surface area (Å²) in [5, 5.41) is 1.12. The Hall–Kier alpha value is -0.720. The van der Waals surface area contributed by atoms with Crippen molar-refractivity contribution in [1.82, 2.24) is 9.88 Å². The smallest absolute Gasteiger partial charge is 0.151 e. The molecule has 6 heteroatoms. The fraction of sp³-hybridized carbons (Fsp3) is 0.667. The van der Waals surface area contributed by atoms with E-state index in [0.29, 0.717) is 12.3 Å². The van der Waals surface area contributed by atoms with Gasteiger partial charge in [-0.25, -0.2) is 13.4 Å². The third-order valence-electron chi connectivity index (χ3n) is 3.64. The Balaban J connectivity index is 2.10. The van der Waals surface area contributed by atoms with Crippen LogP contribution in [0, 0.1) is 0 Å². The van der Waals surface area contributed by atoms with Crippen LogP contribution in [0.15, 0.2) is 18.9 Å². The number of nitrogens with zero attached hydrogens (tertiary/aromatic N) is 2. The van der Waals surface area contributed by atoms with Gasteiger partial charge in [-0.05, 0) is 6.42 Å². The zero-order valence-electron chi connectivity index (χ0n) is 13.0. The summed E-state index contributed by atoms with van der Waals surface area (Å²) in [5.41, 5.74) is 0.0584. The van der Waals surface area contributed by atoms with Gasteiger partial charge in [0.25, 0.3) is 0 Å². The predicted octanol–water partition coefficient (Wildman–Crippen LogP) is 2.62. The first-order valence-corrected chi connectivity index (χ1v) is 9.85. The average Bonchev–Trinajstić information content (AvgIpc) is 2.94. The van der Waals surface area contributed by atoms with E-state index in [1.807, 2.05) is 12.3 Å². The molecule has 2 heterocycles. The second kappa shape index (κ2) is 6.18. The SMILES string of the molecule is C=CCN(Cc1cnc(C(C)(C)C)s1)[C@H]1CCS(=O)(=O)C1. The molecular formula is C15H24N2O2S2. The highest BCUT2D eigenvalue weighted by atomic mass is 32.2. The predicted molar refractivity (Wildman–Crippen MR) is 88.5 cm³/mol. The average molecular weight is 329 g/mol. The number of hydrogen-bond donors (Lipinski definition) is 0. The van der Waals surface area contributed by atoms with Crippen LogP contribution >= 0.6 is 11.3 Å². The van der Waals surface area contributed by atoms with Gasteiger partial charge in [-0.15, -0.1) is 17.9 Å². The summed E-state index contributed by atoms with van der Waals surface area (Å²) in [5.74, 6) is 0.576. The van der Waals surface area contributed by atoms with Gasteiger partial charge in [-0.1, -0.05) is 26.8 Å². The van der Waals surface area contributed by atoms with Crippen LogP contribution in [0.25, 0.3) is 0 Å². The number of thiazole rings is 1. The molecule has 1 aliphatic heterocycles. The number of sulfone groups is 1. The molecule has 1 aromatic rings. The lowest BCUT2D eigenvalue weighted by Crippen LogP contribution is -2.35. The molecule has 1 fully saturated rings. The van der Waals surface area contributed by atoms with Crippen molar-refractivity contribution in [2.75, 3.05) is 18.1 Å². The fourth-order valence-corrected chi connectivity index (χ4v) is 5.26. The van der Waals surface area contributed by atoms with Crippen LogP contribution in [0.4, 0.5) is 0 Å². The highest BCUT2D eigenvalue weighted by Gasteiger charge is 2.32. The topological polar surface area (TPSA) is 50.3 Å². The maximum Gasteiger partial charge on any atom is 0.151 e. The number of aromatic nitrogens is 1. The molecule has 0 amide bonds. The number of rotatable bonds is 5. The van der Waals surface area contributed by atoms with E-state index in [1.165, 1.54) is 4.88 Å². The molecule has 0 N–H and O–H groups in total. The van der Waals surface area contributed by atoms with E-state index in [9.17, 15) is 8.42 Å². The molecule has 1 aliphatic rings. The minimum absolute atomic E-state index is 0.0584. The second-order valence-electron chi connectivity index (χ2n) is 6.66. The maximum atomic E-state index is 11.7. The van der Waals surface area contributed by atoms with Gasteiger partial charge in [0.2, 0.25) is 0 Å². The van der Waals surface area contributed by atoms with Crippen LogP contribution in [0.5, 0.6) is 0 Å². The van der Waals surface area contributed by atoms with Gasteiger partial charge in [0.05, 0.1) is 16.5 Å². The molecule has 21 heavy (non-hydrogen) atoms. The van der Waals surface area contributed by atoms with Crippen LogP contribution < -0.4 is 0 Å². The zero-order valence-corrected chi connectivity index (χ0v) is 14.6. The molecule has 1 atom stereocenters. The molecule has 0 saturated carbocycles. The zero-order chi connectivity index (χ0) is 15.7. The van der Waals surface area contributed by atoms with Crippen molar-refractivity contribution in [3.05, 3.63) is 28.7 Å². The Morgan fingerprint density at radius 3 is 2.71 bits per heavy atom. The minimum Gasteiger partial charge on any atom is -0.291 e. The Labute approximate surface area is 131 Å². The molecule has 0 aliphatic carbocycles. The molecule has 2 rings (SSSR count). The highest BCUT2D eigenvalue weighted by Crippen LogP contribution is 2.28. The van der Waals surface area contributed by atoms with Crippen LogP contribution in [0.1, 0.15) is 37.1 Å². The van der Waals surface area contributed by atoms with E-state index in [2.05, 4.69) is 37.2 Å². The first-order chi connectivity index (χ1) is 9.71. The van der Waals surface area contributed by atoms with E-state index in [1.54, 1.807) is 11.3 Å². The summed E-state index contributed by atoms with van der Waals surface area (Å²) >= 11 is 1.72. The van der Waals surface area contributed by atoms with Crippen molar-refractivity contribution in [3.8, 4) is 0 Å². The Bertz CT molecular complexity index is 599. The summed E-state index contributed by atoms with van der Waals surface area (Å²) in [6.07, 6.45) is 4.49. The fourth-order valence-electron chi connectivity index (χ4n) is 2.50. The molecule has 118 valence electrons. The van der Waals surface area contributed by atoms with Crippen molar-refractivity contribution < 1.29 is 8.42 Å². The molecule has 0 aromatic carbocycles. The third-order valence-corrected chi connectivity index (χ3v) is 6.80. The quantitative estimate of drug-likeness (QED) is 0.780. The lowest BCUT2D eigenvalue weighted by Gasteiger charge is -2.26. The molecule has 0 spiro atoms. The molecule has 0 radical (unpaired) electrons. The summed E-state index contributed by atoms with van der Waals surface area (Å²) in [4.78, 5) is 7.90. The normalized spacial score (nSPS) is 21.8. The second-order valence-corrected chi connectivity index (χ2v) is 10.0. The minimum atomic E-state index is -2.86. The van der Waals surface area contributed by atoms with Crippen molar-refractivity contribution >= 4 is 21.2 Å². The molecule has 0 unspecified atom stereocenters. The largest absolute Gasteiger partial charge is 0.291 e. The van der Waals surface area contributed by atoms with E-state index >= 15 is 0 Å². The molecule has 1 aromatic heterocycles. The highest BCUT2D eigenvalue weighted by molar-refractivity contribution is 7.91. The maximum absolute atomic E-state index is 11.7. The van der Waals surface area contributed by atoms with Gasteiger partial charge in [0.15, 0.2) is 9.84 Å². The molecule has 1 saturated heterocycles. The monoisotopic (exact) mass is 328 g/mol. The van der Waals surface area contributed by atoms with E-state index < -0.39 is 9.84 Å². The Kier molecular flexibility index (Phi) is 4.90. The van der Waals surface area contributed by atoms with Crippen molar-refractivity contribution in [3.63, 3.8) is 0 Å². The Morgan fingerprint density at radius 2 is 2.24 bits per heavy atom. The van der Waals surface area contributed by atoms with Gasteiger partial charge in [-0.3, -0.25) is 4.90 Å². The van der Waals surface area contributed by atoms with Gasteiger partial charge in [0.1, 0.15) is 0 Å². The first-order valence-electron chi connectivity index (χ1n) is 7.22.